The topological polar surface area (TPSA) is 78.2 Å². The van der Waals surface area contributed by atoms with E-state index in [2.05, 4.69) is 5.10 Å². The van der Waals surface area contributed by atoms with Crippen molar-refractivity contribution in [3.8, 4) is 11.6 Å². The smallest absolute Gasteiger partial charge is 0.273 e. The third-order valence-corrected chi connectivity index (χ3v) is 2.14. The number of aromatic hydroxyl groups is 1. The second-order valence-electron chi connectivity index (χ2n) is 3.07. The summed E-state index contributed by atoms with van der Waals surface area (Å²) in [4.78, 5) is 11.3. The van der Waals surface area contributed by atoms with E-state index in [1.54, 1.807) is 24.3 Å². The van der Waals surface area contributed by atoms with Crippen LogP contribution in [0.1, 0.15) is 5.56 Å². The van der Waals surface area contributed by atoms with Gasteiger partial charge in [0.1, 0.15) is 5.56 Å². The Morgan fingerprint density at radius 1 is 1.27 bits per heavy atom. The van der Waals surface area contributed by atoms with Gasteiger partial charge in [-0.3, -0.25) is 9.89 Å². The predicted molar refractivity (Wildman–Crippen MR) is 54.0 cm³/mol. The second kappa shape index (κ2) is 3.62. The molecule has 15 heavy (non-hydrogen) atoms. The summed E-state index contributed by atoms with van der Waals surface area (Å²) in [7, 11) is 0. The molecule has 1 heterocycles. The van der Waals surface area contributed by atoms with Crippen molar-refractivity contribution < 1.29 is 10.2 Å². The molecule has 5 heteroatoms. The number of aromatic amines is 1. The van der Waals surface area contributed by atoms with Gasteiger partial charge in [0.15, 0.2) is 0 Å². The standard InChI is InChI=1S/C10H10N2O3/c13-6-8-9(14)11-12(10(8)15)7-4-2-1-3-5-7/h1-5,13,15H,6H2,(H,11,14). The molecule has 0 amide bonds. The lowest BCUT2D eigenvalue weighted by Crippen LogP contribution is -2.06. The van der Waals surface area contributed by atoms with Crippen LogP contribution in [0.15, 0.2) is 35.1 Å². The molecule has 0 saturated carbocycles. The summed E-state index contributed by atoms with van der Waals surface area (Å²) in [6.07, 6.45) is 0. The van der Waals surface area contributed by atoms with Gasteiger partial charge in [0, 0.05) is 0 Å². The fourth-order valence-corrected chi connectivity index (χ4v) is 1.36. The number of rotatable bonds is 2. The first-order valence-electron chi connectivity index (χ1n) is 4.43. The molecule has 2 rings (SSSR count). The summed E-state index contributed by atoms with van der Waals surface area (Å²) in [6, 6.07) is 8.86. The number of nitrogens with zero attached hydrogens (tertiary/aromatic N) is 1. The zero-order valence-electron chi connectivity index (χ0n) is 7.84. The van der Waals surface area contributed by atoms with E-state index in [-0.39, 0.29) is 11.4 Å². The molecule has 0 aliphatic rings. The zero-order chi connectivity index (χ0) is 10.8. The molecule has 0 saturated heterocycles. The Bertz CT molecular complexity index is 513. The van der Waals surface area contributed by atoms with Gasteiger partial charge < -0.3 is 10.2 Å². The highest BCUT2D eigenvalue weighted by molar-refractivity contribution is 5.37. The molecule has 0 radical (unpaired) electrons. The van der Waals surface area contributed by atoms with Crippen LogP contribution in [0.5, 0.6) is 5.88 Å². The minimum absolute atomic E-state index is 0.0288. The van der Waals surface area contributed by atoms with E-state index < -0.39 is 12.2 Å². The third kappa shape index (κ3) is 1.53. The Hall–Kier alpha value is -2.01. The molecule has 0 bridgehead atoms. The minimum atomic E-state index is -0.487. The van der Waals surface area contributed by atoms with Gasteiger partial charge in [0.05, 0.1) is 12.3 Å². The highest BCUT2D eigenvalue weighted by atomic mass is 16.3. The predicted octanol–water partition coefficient (Wildman–Crippen LogP) is 0.363. The van der Waals surface area contributed by atoms with E-state index in [0.29, 0.717) is 5.69 Å². The molecule has 1 aromatic carbocycles. The summed E-state index contributed by atoms with van der Waals surface area (Å²) in [5.41, 5.74) is 0.115. The van der Waals surface area contributed by atoms with Gasteiger partial charge in [-0.1, -0.05) is 18.2 Å². The summed E-state index contributed by atoms with van der Waals surface area (Å²) >= 11 is 0. The maximum absolute atomic E-state index is 11.3. The first-order chi connectivity index (χ1) is 7.24. The Kier molecular flexibility index (Phi) is 2.31. The Balaban J connectivity index is 2.60. The normalized spacial score (nSPS) is 10.5. The van der Waals surface area contributed by atoms with Crippen LogP contribution in [-0.4, -0.2) is 20.0 Å². The molecule has 0 fully saturated rings. The molecule has 78 valence electrons. The largest absolute Gasteiger partial charge is 0.493 e. The maximum atomic E-state index is 11.3. The monoisotopic (exact) mass is 206 g/mol. The van der Waals surface area contributed by atoms with E-state index in [1.165, 1.54) is 4.68 Å². The summed E-state index contributed by atoms with van der Waals surface area (Å²) in [6.45, 7) is -0.485. The van der Waals surface area contributed by atoms with Crippen LogP contribution in [0.4, 0.5) is 0 Å². The Labute approximate surface area is 85.2 Å². The van der Waals surface area contributed by atoms with Crippen molar-refractivity contribution >= 4 is 0 Å². The Morgan fingerprint density at radius 2 is 1.93 bits per heavy atom. The maximum Gasteiger partial charge on any atom is 0.273 e. The number of hydrogen-bond donors (Lipinski definition) is 3. The van der Waals surface area contributed by atoms with Crippen LogP contribution in [0.2, 0.25) is 0 Å². The number of nitrogens with one attached hydrogen (secondary N) is 1. The lowest BCUT2D eigenvalue weighted by molar-refractivity contribution is 0.273. The van der Waals surface area contributed by atoms with Crippen molar-refractivity contribution in [1.82, 2.24) is 9.78 Å². The number of hydrogen-bond acceptors (Lipinski definition) is 3. The van der Waals surface area contributed by atoms with Gasteiger partial charge in [0.25, 0.3) is 5.56 Å². The van der Waals surface area contributed by atoms with Crippen molar-refractivity contribution in [2.45, 2.75) is 6.61 Å². The van der Waals surface area contributed by atoms with Gasteiger partial charge in [-0.05, 0) is 12.1 Å². The number of benzene rings is 1. The molecule has 0 aliphatic heterocycles. The fourth-order valence-electron chi connectivity index (χ4n) is 1.36. The molecule has 2 aromatic rings. The van der Waals surface area contributed by atoms with Gasteiger partial charge >= 0.3 is 0 Å². The van der Waals surface area contributed by atoms with E-state index in [4.69, 9.17) is 5.11 Å². The van der Waals surface area contributed by atoms with Crippen LogP contribution in [0, 0.1) is 0 Å². The molecule has 3 N–H and O–H groups in total. The number of aliphatic hydroxyl groups is 1. The van der Waals surface area contributed by atoms with E-state index in [0.717, 1.165) is 0 Å². The van der Waals surface area contributed by atoms with Gasteiger partial charge in [-0.25, -0.2) is 4.68 Å². The van der Waals surface area contributed by atoms with Gasteiger partial charge in [-0.2, -0.15) is 0 Å². The molecular formula is C10H10N2O3. The first-order valence-corrected chi connectivity index (χ1v) is 4.43. The molecule has 0 atom stereocenters. The van der Waals surface area contributed by atoms with Crippen molar-refractivity contribution in [2.75, 3.05) is 0 Å². The number of aliphatic hydroxyl groups excluding tert-OH is 1. The number of H-pyrrole nitrogens is 1. The van der Waals surface area contributed by atoms with Crippen LogP contribution in [0.25, 0.3) is 5.69 Å². The zero-order valence-corrected chi connectivity index (χ0v) is 7.84. The lowest BCUT2D eigenvalue weighted by Gasteiger charge is -2.03. The lowest BCUT2D eigenvalue weighted by atomic mass is 10.3. The summed E-state index contributed by atoms with van der Waals surface area (Å²) in [5, 5.41) is 20.9. The molecular weight excluding hydrogens is 196 g/mol. The molecule has 1 aromatic heterocycles. The summed E-state index contributed by atoms with van der Waals surface area (Å²) < 4.78 is 1.23. The minimum Gasteiger partial charge on any atom is -0.493 e. The van der Waals surface area contributed by atoms with Crippen molar-refractivity contribution in [3.63, 3.8) is 0 Å². The summed E-state index contributed by atoms with van der Waals surface area (Å²) in [5.74, 6) is -0.256. The molecule has 5 nitrogen and oxygen atoms in total. The average molecular weight is 206 g/mol. The Morgan fingerprint density at radius 3 is 2.47 bits per heavy atom. The quantitative estimate of drug-likeness (QED) is 0.664. The van der Waals surface area contributed by atoms with E-state index >= 15 is 0 Å². The van der Waals surface area contributed by atoms with Crippen LogP contribution in [0.3, 0.4) is 0 Å². The number of para-hydroxylation sites is 1. The van der Waals surface area contributed by atoms with E-state index in [1.807, 2.05) is 6.07 Å². The van der Waals surface area contributed by atoms with Crippen molar-refractivity contribution in [3.05, 3.63) is 46.2 Å². The van der Waals surface area contributed by atoms with E-state index in [9.17, 15) is 9.90 Å². The van der Waals surface area contributed by atoms with Crippen LogP contribution >= 0.6 is 0 Å². The van der Waals surface area contributed by atoms with Crippen LogP contribution < -0.4 is 5.56 Å². The SMILES string of the molecule is O=c1[nH]n(-c2ccccc2)c(O)c1CO. The fraction of sp³-hybridized carbons (Fsp3) is 0.100. The van der Waals surface area contributed by atoms with Crippen molar-refractivity contribution in [2.24, 2.45) is 0 Å². The highest BCUT2D eigenvalue weighted by Gasteiger charge is 2.13. The van der Waals surface area contributed by atoms with Gasteiger partial charge in [-0.15, -0.1) is 0 Å². The third-order valence-electron chi connectivity index (χ3n) is 2.14. The highest BCUT2D eigenvalue weighted by Crippen LogP contribution is 2.17. The van der Waals surface area contributed by atoms with Crippen LogP contribution in [-0.2, 0) is 6.61 Å². The molecule has 0 aliphatic carbocycles. The first kappa shape index (κ1) is 9.54. The van der Waals surface area contributed by atoms with Gasteiger partial charge in [0.2, 0.25) is 5.88 Å². The molecule has 0 unspecified atom stereocenters. The second-order valence-corrected chi connectivity index (χ2v) is 3.07. The average Bonchev–Trinajstić information content (AvgIpc) is 2.55. The number of aromatic nitrogens is 2. The molecule has 0 spiro atoms. The van der Waals surface area contributed by atoms with Crippen molar-refractivity contribution in [1.29, 1.82) is 0 Å².